The maximum Gasteiger partial charge on any atom is 0.227 e. The summed E-state index contributed by atoms with van der Waals surface area (Å²) in [4.78, 5) is 14.2. The summed E-state index contributed by atoms with van der Waals surface area (Å²) in [5, 5.41) is 0. The van der Waals surface area contributed by atoms with E-state index in [0.29, 0.717) is 32.7 Å². The lowest BCUT2D eigenvalue weighted by atomic mass is 9.97. The van der Waals surface area contributed by atoms with Gasteiger partial charge in [-0.2, -0.15) is 0 Å². The molecule has 1 aliphatic carbocycles. The predicted octanol–water partition coefficient (Wildman–Crippen LogP) is 1.12. The molecule has 1 aromatic carbocycles. The number of morpholine rings is 1. The number of ether oxygens (including phenoxy) is 1. The third-order valence-corrected chi connectivity index (χ3v) is 4.26. The minimum absolute atomic E-state index is 0.0158. The largest absolute Gasteiger partial charge is 0.378 e. The SMILES string of the molecule is NC1(Cc2ccccc2CC(=O)N2CCOCC2)CC1. The van der Waals surface area contributed by atoms with Crippen molar-refractivity contribution in [3.05, 3.63) is 35.4 Å². The van der Waals surface area contributed by atoms with Gasteiger partial charge in [0.1, 0.15) is 0 Å². The Labute approximate surface area is 119 Å². The molecule has 1 aliphatic heterocycles. The molecule has 0 unspecified atom stereocenters. The number of hydrogen-bond acceptors (Lipinski definition) is 3. The van der Waals surface area contributed by atoms with Crippen LogP contribution >= 0.6 is 0 Å². The second kappa shape index (κ2) is 5.54. The summed E-state index contributed by atoms with van der Waals surface area (Å²) >= 11 is 0. The molecule has 2 N–H and O–H groups in total. The highest BCUT2D eigenvalue weighted by molar-refractivity contribution is 5.79. The van der Waals surface area contributed by atoms with Crippen LogP contribution < -0.4 is 5.73 Å². The number of amides is 1. The van der Waals surface area contributed by atoms with Gasteiger partial charge in [0.15, 0.2) is 0 Å². The lowest BCUT2D eigenvalue weighted by Gasteiger charge is -2.27. The van der Waals surface area contributed by atoms with Gasteiger partial charge in [-0.05, 0) is 30.4 Å². The van der Waals surface area contributed by atoms with Crippen LogP contribution in [0, 0.1) is 0 Å². The van der Waals surface area contributed by atoms with Crippen LogP contribution in [0.2, 0.25) is 0 Å². The molecule has 1 saturated carbocycles. The topological polar surface area (TPSA) is 55.6 Å². The van der Waals surface area contributed by atoms with Crippen molar-refractivity contribution in [3.63, 3.8) is 0 Å². The maximum atomic E-state index is 12.3. The smallest absolute Gasteiger partial charge is 0.227 e. The van der Waals surface area contributed by atoms with Crippen molar-refractivity contribution < 1.29 is 9.53 Å². The predicted molar refractivity (Wildman–Crippen MR) is 77.4 cm³/mol. The van der Waals surface area contributed by atoms with E-state index >= 15 is 0 Å². The summed E-state index contributed by atoms with van der Waals surface area (Å²) < 4.78 is 5.29. The Morgan fingerprint density at radius 2 is 1.85 bits per heavy atom. The number of hydrogen-bond donors (Lipinski definition) is 1. The Hall–Kier alpha value is -1.39. The van der Waals surface area contributed by atoms with E-state index in [-0.39, 0.29) is 11.4 Å². The third-order valence-electron chi connectivity index (χ3n) is 4.26. The minimum atomic E-state index is -0.0158. The van der Waals surface area contributed by atoms with Crippen LogP contribution in [0.3, 0.4) is 0 Å². The van der Waals surface area contributed by atoms with E-state index in [1.165, 1.54) is 5.56 Å². The summed E-state index contributed by atoms with van der Waals surface area (Å²) in [6.45, 7) is 2.72. The minimum Gasteiger partial charge on any atom is -0.378 e. The molecule has 0 spiro atoms. The van der Waals surface area contributed by atoms with Gasteiger partial charge in [-0.25, -0.2) is 0 Å². The normalized spacial score (nSPS) is 20.8. The van der Waals surface area contributed by atoms with Gasteiger partial charge >= 0.3 is 0 Å². The van der Waals surface area contributed by atoms with Gasteiger partial charge in [0.05, 0.1) is 19.6 Å². The lowest BCUT2D eigenvalue weighted by molar-refractivity contribution is -0.134. The fraction of sp³-hybridized carbons (Fsp3) is 0.562. The fourth-order valence-corrected chi connectivity index (χ4v) is 2.71. The van der Waals surface area contributed by atoms with Crippen molar-refractivity contribution >= 4 is 5.91 Å². The van der Waals surface area contributed by atoms with Gasteiger partial charge < -0.3 is 15.4 Å². The van der Waals surface area contributed by atoms with Crippen LogP contribution in [0.25, 0.3) is 0 Å². The molecule has 20 heavy (non-hydrogen) atoms. The maximum absolute atomic E-state index is 12.3. The first-order chi connectivity index (χ1) is 9.66. The second-order valence-electron chi connectivity index (χ2n) is 5.98. The summed E-state index contributed by atoms with van der Waals surface area (Å²) in [5.41, 5.74) is 8.55. The van der Waals surface area contributed by atoms with Crippen molar-refractivity contribution in [1.82, 2.24) is 4.90 Å². The molecule has 0 atom stereocenters. The molecule has 4 nitrogen and oxygen atoms in total. The van der Waals surface area contributed by atoms with E-state index in [1.807, 2.05) is 17.0 Å². The van der Waals surface area contributed by atoms with E-state index in [4.69, 9.17) is 10.5 Å². The number of carbonyl (C=O) groups is 1. The van der Waals surface area contributed by atoms with Crippen molar-refractivity contribution in [1.29, 1.82) is 0 Å². The molecule has 0 bridgehead atoms. The van der Waals surface area contributed by atoms with Crippen LogP contribution in [0.5, 0.6) is 0 Å². The highest BCUT2D eigenvalue weighted by Gasteiger charge is 2.38. The van der Waals surface area contributed by atoms with Crippen molar-refractivity contribution in [2.24, 2.45) is 5.73 Å². The molecule has 1 heterocycles. The molecule has 4 heteroatoms. The number of benzene rings is 1. The molecule has 3 rings (SSSR count). The lowest BCUT2D eigenvalue weighted by Crippen LogP contribution is -2.41. The van der Waals surface area contributed by atoms with E-state index < -0.39 is 0 Å². The quantitative estimate of drug-likeness (QED) is 0.895. The van der Waals surface area contributed by atoms with Crippen LogP contribution in [0.1, 0.15) is 24.0 Å². The van der Waals surface area contributed by atoms with E-state index in [0.717, 1.165) is 24.8 Å². The van der Waals surface area contributed by atoms with Crippen LogP contribution in [0.4, 0.5) is 0 Å². The second-order valence-corrected chi connectivity index (χ2v) is 5.98. The molecule has 0 aromatic heterocycles. The van der Waals surface area contributed by atoms with Crippen LogP contribution in [-0.2, 0) is 22.4 Å². The van der Waals surface area contributed by atoms with Gasteiger partial charge in [0.2, 0.25) is 5.91 Å². The van der Waals surface area contributed by atoms with E-state index in [2.05, 4.69) is 12.1 Å². The fourth-order valence-electron chi connectivity index (χ4n) is 2.71. The van der Waals surface area contributed by atoms with Gasteiger partial charge in [-0.3, -0.25) is 4.79 Å². The summed E-state index contributed by atoms with van der Waals surface area (Å²) in [6.07, 6.45) is 3.56. The first-order valence-corrected chi connectivity index (χ1v) is 7.37. The molecular formula is C16H22N2O2. The summed E-state index contributed by atoms with van der Waals surface area (Å²) in [5.74, 6) is 0.197. The van der Waals surface area contributed by atoms with Gasteiger partial charge in [-0.15, -0.1) is 0 Å². The zero-order valence-corrected chi connectivity index (χ0v) is 11.8. The molecule has 2 fully saturated rings. The molecule has 1 saturated heterocycles. The average Bonchev–Trinajstić information content (AvgIpc) is 3.19. The Morgan fingerprint density at radius 1 is 1.20 bits per heavy atom. The first kappa shape index (κ1) is 13.6. The number of rotatable bonds is 4. The van der Waals surface area contributed by atoms with Crippen LogP contribution in [0.15, 0.2) is 24.3 Å². The Kier molecular flexibility index (Phi) is 3.76. The standard InChI is InChI=1S/C16H22N2O2/c17-16(5-6-16)12-14-4-2-1-3-13(14)11-15(19)18-7-9-20-10-8-18/h1-4H,5-12,17H2. The molecule has 1 amide bonds. The highest BCUT2D eigenvalue weighted by atomic mass is 16.5. The molecule has 1 aromatic rings. The Bertz CT molecular complexity index is 491. The third kappa shape index (κ3) is 3.19. The molecular weight excluding hydrogens is 252 g/mol. The first-order valence-electron chi connectivity index (χ1n) is 7.37. The number of carbonyl (C=O) groups excluding carboxylic acids is 1. The highest BCUT2D eigenvalue weighted by Crippen LogP contribution is 2.36. The molecule has 0 radical (unpaired) electrons. The molecule has 108 valence electrons. The van der Waals surface area contributed by atoms with E-state index in [1.54, 1.807) is 0 Å². The van der Waals surface area contributed by atoms with Crippen molar-refractivity contribution in [3.8, 4) is 0 Å². The number of nitrogens with zero attached hydrogens (tertiary/aromatic N) is 1. The van der Waals surface area contributed by atoms with Gasteiger partial charge in [0.25, 0.3) is 0 Å². The Morgan fingerprint density at radius 3 is 2.50 bits per heavy atom. The Balaban J connectivity index is 1.68. The van der Waals surface area contributed by atoms with Crippen LogP contribution in [-0.4, -0.2) is 42.6 Å². The van der Waals surface area contributed by atoms with Gasteiger partial charge in [0, 0.05) is 18.6 Å². The number of nitrogens with two attached hydrogens (primary N) is 1. The average molecular weight is 274 g/mol. The monoisotopic (exact) mass is 274 g/mol. The van der Waals surface area contributed by atoms with E-state index in [9.17, 15) is 4.79 Å². The van der Waals surface area contributed by atoms with Crippen molar-refractivity contribution in [2.45, 2.75) is 31.2 Å². The zero-order chi connectivity index (χ0) is 14.0. The van der Waals surface area contributed by atoms with Gasteiger partial charge in [-0.1, -0.05) is 24.3 Å². The summed E-state index contributed by atoms with van der Waals surface area (Å²) in [7, 11) is 0. The zero-order valence-electron chi connectivity index (χ0n) is 11.8. The molecule has 2 aliphatic rings. The van der Waals surface area contributed by atoms with Crippen molar-refractivity contribution in [2.75, 3.05) is 26.3 Å². The summed E-state index contributed by atoms with van der Waals surface area (Å²) in [6, 6.07) is 8.19.